The van der Waals surface area contributed by atoms with Crippen LogP contribution in [0.4, 0.5) is 4.79 Å². The highest BCUT2D eigenvalue weighted by atomic mass is 35.5. The van der Waals surface area contributed by atoms with Gasteiger partial charge < -0.3 is 26.6 Å². The van der Waals surface area contributed by atoms with Gasteiger partial charge in [-0.25, -0.2) is 4.79 Å². The highest BCUT2D eigenvalue weighted by Gasteiger charge is 2.42. The van der Waals surface area contributed by atoms with Crippen LogP contribution in [0.25, 0.3) is 0 Å². The zero-order valence-electron chi connectivity index (χ0n) is 23.3. The summed E-state index contributed by atoms with van der Waals surface area (Å²) >= 11 is 7.81. The summed E-state index contributed by atoms with van der Waals surface area (Å²) in [5, 5.41) is 14.8. The topological polar surface area (TPSA) is 146 Å². The Morgan fingerprint density at radius 3 is 2.45 bits per heavy atom. The normalized spacial score (nSPS) is 21.1. The average molecular weight is 594 g/mol. The molecule has 2 fully saturated rings. The molecule has 0 spiro atoms. The van der Waals surface area contributed by atoms with Crippen molar-refractivity contribution in [2.24, 2.45) is 5.92 Å². The van der Waals surface area contributed by atoms with Crippen molar-refractivity contribution in [3.63, 3.8) is 0 Å². The van der Waals surface area contributed by atoms with Crippen LogP contribution < -0.4 is 26.6 Å². The summed E-state index contributed by atoms with van der Waals surface area (Å²) in [6.07, 6.45) is 3.14. The van der Waals surface area contributed by atoms with Crippen LogP contribution in [0, 0.1) is 5.92 Å². The molecule has 12 heteroatoms. The Hall–Kier alpha value is -2.79. The van der Waals surface area contributed by atoms with Crippen LogP contribution in [0.1, 0.15) is 58.4 Å². The quantitative estimate of drug-likeness (QED) is 0.120. The van der Waals surface area contributed by atoms with Crippen molar-refractivity contribution in [1.29, 1.82) is 0 Å². The maximum absolute atomic E-state index is 13.3. The van der Waals surface area contributed by atoms with Crippen LogP contribution in [-0.2, 0) is 25.6 Å². The number of benzene rings is 1. The van der Waals surface area contributed by atoms with E-state index in [1.54, 1.807) is 31.2 Å². The monoisotopic (exact) mass is 593 g/mol. The maximum Gasteiger partial charge on any atom is 0.315 e. The number of hydrogen-bond acceptors (Lipinski definition) is 6. The molecule has 0 radical (unpaired) electrons. The van der Waals surface area contributed by atoms with Crippen LogP contribution in [0.5, 0.6) is 0 Å². The van der Waals surface area contributed by atoms with Gasteiger partial charge in [0.1, 0.15) is 12.1 Å². The second-order valence-corrected chi connectivity index (χ2v) is 12.4. The summed E-state index contributed by atoms with van der Waals surface area (Å²) in [5.41, 5.74) is 0.733. The largest absolute Gasteiger partial charge is 0.350 e. The number of carbonyl (C=O) groups excluding carboxylic acids is 5. The summed E-state index contributed by atoms with van der Waals surface area (Å²) in [6.45, 7) is 5.88. The molecule has 0 saturated carbocycles. The van der Waals surface area contributed by atoms with Crippen molar-refractivity contribution in [2.45, 2.75) is 88.7 Å². The molecule has 1 unspecified atom stereocenters. The van der Waals surface area contributed by atoms with Gasteiger partial charge in [0.05, 0.1) is 12.1 Å². The van der Waals surface area contributed by atoms with Gasteiger partial charge >= 0.3 is 6.03 Å². The predicted octanol–water partition coefficient (Wildman–Crippen LogP) is 2.33. The smallest absolute Gasteiger partial charge is 0.315 e. The Morgan fingerprint density at radius 1 is 1.05 bits per heavy atom. The first kappa shape index (κ1) is 31.7. The Kier molecular flexibility index (Phi) is 12.1. The predicted molar refractivity (Wildman–Crippen MR) is 156 cm³/mol. The second kappa shape index (κ2) is 15.3. The number of thioether (sulfide) groups is 1. The van der Waals surface area contributed by atoms with E-state index in [0.717, 1.165) is 24.2 Å². The van der Waals surface area contributed by atoms with Gasteiger partial charge in [0.15, 0.2) is 0 Å². The number of urea groups is 1. The number of nitrogens with one attached hydrogen (secondary N) is 5. The minimum absolute atomic E-state index is 0.104. The van der Waals surface area contributed by atoms with Crippen molar-refractivity contribution >= 4 is 52.9 Å². The van der Waals surface area contributed by atoms with E-state index in [0.29, 0.717) is 23.1 Å². The number of amides is 5. The zero-order chi connectivity index (χ0) is 29.2. The van der Waals surface area contributed by atoms with Crippen LogP contribution in [-0.4, -0.2) is 71.3 Å². The zero-order valence-corrected chi connectivity index (χ0v) is 24.8. The van der Waals surface area contributed by atoms with Crippen molar-refractivity contribution in [1.82, 2.24) is 26.6 Å². The second-order valence-electron chi connectivity index (χ2n) is 10.7. The minimum atomic E-state index is -1.09. The Balaban J connectivity index is 1.55. The summed E-state index contributed by atoms with van der Waals surface area (Å²) < 4.78 is 0. The number of hydrogen-bond donors (Lipinski definition) is 5. The van der Waals surface area contributed by atoms with Gasteiger partial charge in [-0.15, -0.1) is 0 Å². The van der Waals surface area contributed by atoms with Gasteiger partial charge in [0, 0.05) is 35.4 Å². The van der Waals surface area contributed by atoms with E-state index in [4.69, 9.17) is 11.6 Å². The summed E-state index contributed by atoms with van der Waals surface area (Å²) in [7, 11) is 0. The van der Waals surface area contributed by atoms with Gasteiger partial charge in [-0.1, -0.05) is 44.0 Å². The Bertz CT molecular complexity index is 1070. The molecule has 0 bridgehead atoms. The third kappa shape index (κ3) is 9.40. The molecule has 0 aromatic heterocycles. The fourth-order valence-corrected chi connectivity index (χ4v) is 6.66. The first-order chi connectivity index (χ1) is 19.1. The molecular weight excluding hydrogens is 554 g/mol. The van der Waals surface area contributed by atoms with Gasteiger partial charge in [0.25, 0.3) is 5.91 Å². The van der Waals surface area contributed by atoms with E-state index < -0.39 is 29.7 Å². The summed E-state index contributed by atoms with van der Waals surface area (Å²) in [6, 6.07) is 5.09. The molecule has 5 atom stereocenters. The summed E-state index contributed by atoms with van der Waals surface area (Å²) in [5.74, 6) is -1.27. The fourth-order valence-electron chi connectivity index (χ4n) is 4.99. The molecule has 5 amide bonds. The third-order valence-electron chi connectivity index (χ3n) is 6.99. The lowest BCUT2D eigenvalue weighted by Gasteiger charge is -2.24. The molecule has 1 aromatic carbocycles. The van der Waals surface area contributed by atoms with Gasteiger partial charge in [-0.2, -0.15) is 11.8 Å². The standard InChI is InChI=1S/C28H40ClN5O5S/c1-4-30-27(38)25(36)19(14-17-9-11-18(29)12-10-17)32-26(37)20(13-16(2)3)31-23(35)8-6-5-7-22-24-21(15-40-22)33-28(39)34-24/h9-12,16,19-22,24H,4-8,13-15H2,1-3H3,(H,30,38)(H,31,35)(H,32,37)(H2,33,34,39)/t19-,20-,21-,22?,24-/m0/s1. The number of fused-ring (bicyclic) bond motifs is 1. The number of unbranched alkanes of at least 4 members (excludes halogenated alkanes) is 1. The first-order valence-electron chi connectivity index (χ1n) is 13.9. The van der Waals surface area contributed by atoms with E-state index in [1.165, 1.54) is 0 Å². The lowest BCUT2D eigenvalue weighted by Crippen LogP contribution is -2.54. The number of likely N-dealkylation sites (N-methyl/N-ethyl adjacent to an activating group) is 1. The molecule has 2 saturated heterocycles. The Labute approximate surface area is 244 Å². The van der Waals surface area contributed by atoms with E-state index in [-0.39, 0.29) is 49.3 Å². The summed E-state index contributed by atoms with van der Waals surface area (Å²) in [4.78, 5) is 62.9. The van der Waals surface area contributed by atoms with Gasteiger partial charge in [-0.05, 0) is 49.8 Å². The van der Waals surface area contributed by atoms with Crippen molar-refractivity contribution < 1.29 is 24.0 Å². The highest BCUT2D eigenvalue weighted by Crippen LogP contribution is 2.33. The molecule has 3 rings (SSSR count). The number of halogens is 1. The maximum atomic E-state index is 13.3. The van der Waals surface area contributed by atoms with E-state index in [9.17, 15) is 24.0 Å². The third-order valence-corrected chi connectivity index (χ3v) is 8.75. The number of carbonyl (C=O) groups is 5. The minimum Gasteiger partial charge on any atom is -0.350 e. The van der Waals surface area contributed by atoms with E-state index in [2.05, 4.69) is 26.6 Å². The molecule has 1 aromatic rings. The van der Waals surface area contributed by atoms with Crippen LogP contribution in [0.3, 0.4) is 0 Å². The average Bonchev–Trinajstić information content (AvgIpc) is 3.45. The van der Waals surface area contributed by atoms with Crippen molar-refractivity contribution in [3.8, 4) is 0 Å². The lowest BCUT2D eigenvalue weighted by molar-refractivity contribution is -0.140. The lowest BCUT2D eigenvalue weighted by atomic mass is 9.99. The van der Waals surface area contributed by atoms with Crippen molar-refractivity contribution in [2.75, 3.05) is 12.3 Å². The fraction of sp³-hybridized carbons (Fsp3) is 0.607. The molecule has 5 N–H and O–H groups in total. The molecular formula is C28H40ClN5O5S. The molecule has 2 heterocycles. The number of rotatable bonds is 15. The van der Waals surface area contributed by atoms with Gasteiger partial charge in [0.2, 0.25) is 17.6 Å². The molecule has 2 aliphatic heterocycles. The van der Waals surface area contributed by atoms with Gasteiger partial charge in [-0.3, -0.25) is 19.2 Å². The van der Waals surface area contributed by atoms with Crippen LogP contribution in [0.2, 0.25) is 5.02 Å². The van der Waals surface area contributed by atoms with Crippen LogP contribution in [0.15, 0.2) is 24.3 Å². The molecule has 2 aliphatic rings. The highest BCUT2D eigenvalue weighted by molar-refractivity contribution is 8.00. The molecule has 220 valence electrons. The van der Waals surface area contributed by atoms with E-state index in [1.807, 2.05) is 25.6 Å². The first-order valence-corrected chi connectivity index (χ1v) is 15.3. The Morgan fingerprint density at radius 2 is 1.77 bits per heavy atom. The van der Waals surface area contributed by atoms with Crippen molar-refractivity contribution in [3.05, 3.63) is 34.9 Å². The SMILES string of the molecule is CCNC(=O)C(=O)[C@H](Cc1ccc(Cl)cc1)NC(=O)[C@H](CC(C)C)NC(=O)CCCCC1SC[C@@H]2NC(=O)N[C@H]12. The van der Waals surface area contributed by atoms with E-state index >= 15 is 0 Å². The van der Waals surface area contributed by atoms with Crippen LogP contribution >= 0.6 is 23.4 Å². The molecule has 0 aliphatic carbocycles. The number of ketones is 1. The molecule has 10 nitrogen and oxygen atoms in total. The number of Topliss-reactive ketones (excluding diaryl/α,β-unsaturated/α-hetero) is 1. The molecule has 40 heavy (non-hydrogen) atoms.